The lowest BCUT2D eigenvalue weighted by Gasteiger charge is -2.29. The molecular weight excluding hydrogens is 360 g/mol. The van der Waals surface area contributed by atoms with Gasteiger partial charge in [0, 0.05) is 6.04 Å². The number of hydrogen-bond donors (Lipinski definition) is 0. The highest BCUT2D eigenvalue weighted by atomic mass is 16.5. The Morgan fingerprint density at radius 2 is 1.86 bits per heavy atom. The fourth-order valence-electron chi connectivity index (χ4n) is 3.99. The highest BCUT2D eigenvalue weighted by Gasteiger charge is 2.40. The number of carbonyl (C=O) groups excluding carboxylic acids is 3. The second-order valence-corrected chi connectivity index (χ2v) is 7.41. The zero-order valence-electron chi connectivity index (χ0n) is 16.0. The van der Waals surface area contributed by atoms with Gasteiger partial charge in [-0.25, -0.2) is 4.79 Å². The number of aryl methyl sites for hydroxylation is 2. The molecule has 0 unspecified atom stereocenters. The van der Waals surface area contributed by atoms with Crippen molar-refractivity contribution < 1.29 is 23.6 Å². The van der Waals surface area contributed by atoms with E-state index in [2.05, 4.69) is 5.16 Å². The van der Waals surface area contributed by atoms with Crippen LogP contribution in [0.4, 0.5) is 0 Å². The van der Waals surface area contributed by atoms with Gasteiger partial charge in [-0.2, -0.15) is 0 Å². The molecule has 0 spiro atoms. The van der Waals surface area contributed by atoms with Crippen LogP contribution in [0.1, 0.15) is 80.2 Å². The molecule has 0 atom stereocenters. The van der Waals surface area contributed by atoms with E-state index >= 15 is 0 Å². The maximum Gasteiger partial charge on any atom is 0.338 e. The van der Waals surface area contributed by atoms with Gasteiger partial charge in [-0.3, -0.25) is 14.5 Å². The van der Waals surface area contributed by atoms with E-state index in [9.17, 15) is 14.4 Å². The lowest BCUT2D eigenvalue weighted by atomic mass is 9.94. The minimum atomic E-state index is -0.556. The van der Waals surface area contributed by atoms with Crippen LogP contribution in [0.3, 0.4) is 0 Å². The number of aromatic nitrogens is 1. The Labute approximate surface area is 162 Å². The number of ether oxygens (including phenoxy) is 1. The Bertz CT molecular complexity index is 936. The lowest BCUT2D eigenvalue weighted by Crippen LogP contribution is -2.40. The van der Waals surface area contributed by atoms with Gasteiger partial charge in [0.25, 0.3) is 11.8 Å². The second-order valence-electron chi connectivity index (χ2n) is 7.41. The summed E-state index contributed by atoms with van der Waals surface area (Å²) in [6, 6.07) is 4.50. The zero-order valence-corrected chi connectivity index (χ0v) is 16.0. The smallest absolute Gasteiger partial charge is 0.338 e. The fraction of sp³-hybridized carbons (Fsp3) is 0.429. The Morgan fingerprint density at radius 1 is 1.14 bits per heavy atom. The van der Waals surface area contributed by atoms with Crippen molar-refractivity contribution in [1.82, 2.24) is 10.1 Å². The van der Waals surface area contributed by atoms with Crippen LogP contribution in [0.5, 0.6) is 0 Å². The van der Waals surface area contributed by atoms with Gasteiger partial charge in [0.1, 0.15) is 12.4 Å². The largest absolute Gasteiger partial charge is 0.457 e. The molecule has 0 N–H and O–H groups in total. The Hall–Kier alpha value is -2.96. The maximum absolute atomic E-state index is 12.8. The molecule has 1 aliphatic heterocycles. The average molecular weight is 382 g/mol. The average Bonchev–Trinajstić information content (AvgIpc) is 3.16. The third-order valence-electron chi connectivity index (χ3n) is 5.62. The molecular formula is C21H22N2O5. The van der Waals surface area contributed by atoms with Crippen molar-refractivity contribution in [2.45, 2.75) is 58.6 Å². The molecule has 1 aliphatic carbocycles. The van der Waals surface area contributed by atoms with Crippen molar-refractivity contribution >= 4 is 17.8 Å². The standard InChI is InChI=1S/C21H22N2O5/c1-12-18(13(2)28-22-12)11-27-21(26)14-8-9-16-17(10-14)20(25)23(19(16)24)15-6-4-3-5-7-15/h8-10,15H,3-7,11H2,1-2H3. The number of hydrogen-bond acceptors (Lipinski definition) is 6. The van der Waals surface area contributed by atoms with Crippen LogP contribution in [0.15, 0.2) is 22.7 Å². The van der Waals surface area contributed by atoms with Crippen molar-refractivity contribution in [2.75, 3.05) is 0 Å². The first-order valence-electron chi connectivity index (χ1n) is 9.58. The molecule has 7 nitrogen and oxygen atoms in total. The first-order valence-corrected chi connectivity index (χ1v) is 9.58. The van der Waals surface area contributed by atoms with Crippen molar-refractivity contribution in [1.29, 1.82) is 0 Å². The van der Waals surface area contributed by atoms with E-state index in [-0.39, 0.29) is 35.6 Å². The van der Waals surface area contributed by atoms with Crippen molar-refractivity contribution in [3.63, 3.8) is 0 Å². The summed E-state index contributed by atoms with van der Waals surface area (Å²) in [5.74, 6) is -0.530. The lowest BCUT2D eigenvalue weighted by molar-refractivity contribution is 0.0470. The van der Waals surface area contributed by atoms with Crippen molar-refractivity contribution in [2.24, 2.45) is 0 Å². The Kier molecular flexibility index (Phi) is 4.75. The van der Waals surface area contributed by atoms with Crippen LogP contribution in [-0.2, 0) is 11.3 Å². The number of benzene rings is 1. The third-order valence-corrected chi connectivity index (χ3v) is 5.62. The normalized spacial score (nSPS) is 17.1. The first-order chi connectivity index (χ1) is 13.5. The van der Waals surface area contributed by atoms with Gasteiger partial charge < -0.3 is 9.26 Å². The SMILES string of the molecule is Cc1noc(C)c1COC(=O)c1ccc2c(c1)C(=O)N(C1CCCCC1)C2=O. The monoisotopic (exact) mass is 382 g/mol. The minimum absolute atomic E-state index is 0.0398. The molecule has 2 heterocycles. The highest BCUT2D eigenvalue weighted by Crippen LogP contribution is 2.31. The molecule has 0 saturated heterocycles. The summed E-state index contributed by atoms with van der Waals surface area (Å²) in [5.41, 5.74) is 2.28. The Balaban J connectivity index is 1.52. The molecule has 1 saturated carbocycles. The molecule has 146 valence electrons. The zero-order chi connectivity index (χ0) is 19.8. The number of imide groups is 1. The summed E-state index contributed by atoms with van der Waals surface area (Å²) in [4.78, 5) is 39.4. The molecule has 1 aromatic heterocycles. The molecule has 0 bridgehead atoms. The van der Waals surface area contributed by atoms with E-state index in [0.29, 0.717) is 17.0 Å². The van der Waals surface area contributed by atoms with Gasteiger partial charge >= 0.3 is 5.97 Å². The van der Waals surface area contributed by atoms with E-state index in [1.54, 1.807) is 19.9 Å². The van der Waals surface area contributed by atoms with E-state index in [0.717, 1.165) is 37.7 Å². The van der Waals surface area contributed by atoms with E-state index in [4.69, 9.17) is 9.26 Å². The summed E-state index contributed by atoms with van der Waals surface area (Å²) in [6.45, 7) is 3.57. The molecule has 2 aromatic rings. The van der Waals surface area contributed by atoms with Gasteiger partial charge in [-0.1, -0.05) is 24.4 Å². The minimum Gasteiger partial charge on any atom is -0.457 e. The van der Waals surface area contributed by atoms with Crippen LogP contribution in [0, 0.1) is 13.8 Å². The number of esters is 1. The topological polar surface area (TPSA) is 89.7 Å². The summed E-state index contributed by atoms with van der Waals surface area (Å²) >= 11 is 0. The maximum atomic E-state index is 12.8. The van der Waals surface area contributed by atoms with Crippen LogP contribution in [-0.4, -0.2) is 33.9 Å². The summed E-state index contributed by atoms with van der Waals surface area (Å²) < 4.78 is 10.4. The molecule has 7 heteroatoms. The third kappa shape index (κ3) is 3.10. The number of amides is 2. The predicted octanol–water partition coefficient (Wildman–Crippen LogP) is 3.58. The number of fused-ring (bicyclic) bond motifs is 1. The summed E-state index contributed by atoms with van der Waals surface area (Å²) in [6.07, 6.45) is 4.88. The highest BCUT2D eigenvalue weighted by molar-refractivity contribution is 6.22. The van der Waals surface area contributed by atoms with Crippen LogP contribution in [0.2, 0.25) is 0 Å². The molecule has 4 rings (SSSR count). The molecule has 28 heavy (non-hydrogen) atoms. The molecule has 1 aromatic carbocycles. The van der Waals surface area contributed by atoms with Crippen LogP contribution < -0.4 is 0 Å². The van der Waals surface area contributed by atoms with E-state index < -0.39 is 5.97 Å². The molecule has 0 radical (unpaired) electrons. The fourth-order valence-corrected chi connectivity index (χ4v) is 3.99. The summed E-state index contributed by atoms with van der Waals surface area (Å²) in [5, 5.41) is 3.83. The van der Waals surface area contributed by atoms with E-state index in [1.165, 1.54) is 17.0 Å². The quantitative estimate of drug-likeness (QED) is 0.593. The van der Waals surface area contributed by atoms with E-state index in [1.807, 2.05) is 0 Å². The van der Waals surface area contributed by atoms with Gasteiger partial charge in [0.15, 0.2) is 0 Å². The Morgan fingerprint density at radius 3 is 2.54 bits per heavy atom. The van der Waals surface area contributed by atoms with Gasteiger partial charge in [-0.05, 0) is 44.9 Å². The van der Waals surface area contributed by atoms with Crippen LogP contribution in [0.25, 0.3) is 0 Å². The van der Waals surface area contributed by atoms with Gasteiger partial charge in [0.05, 0.1) is 27.9 Å². The summed E-state index contributed by atoms with van der Waals surface area (Å²) in [7, 11) is 0. The first kappa shape index (κ1) is 18.4. The van der Waals surface area contributed by atoms with Crippen molar-refractivity contribution in [3.8, 4) is 0 Å². The number of rotatable bonds is 4. The second kappa shape index (κ2) is 7.22. The number of nitrogens with zero attached hydrogens (tertiary/aromatic N) is 2. The van der Waals surface area contributed by atoms with Crippen molar-refractivity contribution in [3.05, 3.63) is 51.9 Å². The predicted molar refractivity (Wildman–Crippen MR) is 98.9 cm³/mol. The molecule has 1 fully saturated rings. The molecule has 2 aliphatic rings. The van der Waals surface area contributed by atoms with Gasteiger partial charge in [0.2, 0.25) is 0 Å². The molecule has 2 amide bonds. The van der Waals surface area contributed by atoms with Crippen LogP contribution >= 0.6 is 0 Å². The number of carbonyl (C=O) groups is 3. The van der Waals surface area contributed by atoms with Gasteiger partial charge in [-0.15, -0.1) is 0 Å².